The quantitative estimate of drug-likeness (QED) is 0.536. The number of benzene rings is 1. The molecule has 0 heterocycles. The summed E-state index contributed by atoms with van der Waals surface area (Å²) in [6.45, 7) is 9.09. The molecule has 128 valence electrons. The van der Waals surface area contributed by atoms with Gasteiger partial charge in [-0.15, -0.1) is 0 Å². The largest absolute Gasteiger partial charge is 0.423 e. The fourth-order valence-corrected chi connectivity index (χ4v) is 2.15. The average molecular weight is 323 g/mol. The first-order valence-electron chi connectivity index (χ1n) is 8.22. The van der Waals surface area contributed by atoms with E-state index in [0.717, 1.165) is 18.9 Å². The van der Waals surface area contributed by atoms with Crippen molar-refractivity contribution in [3.05, 3.63) is 29.6 Å². The van der Waals surface area contributed by atoms with Crippen molar-refractivity contribution in [3.8, 4) is 5.75 Å². The predicted molar refractivity (Wildman–Crippen MR) is 88.0 cm³/mol. The second-order valence-corrected chi connectivity index (χ2v) is 5.74. The lowest BCUT2D eigenvalue weighted by molar-refractivity contribution is -0.134. The second-order valence-electron chi connectivity index (χ2n) is 5.74. The molecule has 0 bridgehead atoms. The van der Waals surface area contributed by atoms with Crippen molar-refractivity contribution >= 4 is 11.9 Å². The van der Waals surface area contributed by atoms with Crippen LogP contribution in [0.15, 0.2) is 18.2 Å². The first-order chi connectivity index (χ1) is 10.9. The molecule has 1 amide bonds. The molecule has 0 aliphatic heterocycles. The standard InChI is InChI=1S/C18H26FNO3/c1-5-10-20(12-13(4)6-2)18(22)14-8-9-16(15(19)11-14)23-17(21)7-3/h8-9,11,13H,5-7,10,12H2,1-4H3. The number of carbonyl (C=O) groups excluding carboxylic acids is 2. The molecule has 4 nitrogen and oxygen atoms in total. The van der Waals surface area contributed by atoms with Gasteiger partial charge in [-0.05, 0) is 30.5 Å². The molecule has 23 heavy (non-hydrogen) atoms. The molecule has 0 spiro atoms. The molecule has 0 saturated heterocycles. The molecule has 1 rings (SSSR count). The summed E-state index contributed by atoms with van der Waals surface area (Å²) in [5.74, 6) is -1.15. The number of halogens is 1. The summed E-state index contributed by atoms with van der Waals surface area (Å²) in [5, 5.41) is 0. The third kappa shape index (κ3) is 5.66. The molecule has 1 unspecified atom stereocenters. The third-order valence-electron chi connectivity index (χ3n) is 3.70. The number of hydrogen-bond acceptors (Lipinski definition) is 3. The maximum absolute atomic E-state index is 14.0. The van der Waals surface area contributed by atoms with E-state index in [0.29, 0.717) is 19.0 Å². The monoisotopic (exact) mass is 323 g/mol. The van der Waals surface area contributed by atoms with Crippen molar-refractivity contribution in [2.75, 3.05) is 13.1 Å². The SMILES string of the molecule is CCCN(CC(C)CC)C(=O)c1ccc(OC(=O)CC)c(F)c1. The zero-order valence-electron chi connectivity index (χ0n) is 14.4. The average Bonchev–Trinajstić information content (AvgIpc) is 2.55. The molecule has 0 fully saturated rings. The van der Waals surface area contributed by atoms with Gasteiger partial charge in [-0.25, -0.2) is 4.39 Å². The molecule has 0 aliphatic carbocycles. The van der Waals surface area contributed by atoms with E-state index in [1.165, 1.54) is 12.1 Å². The van der Waals surface area contributed by atoms with Crippen LogP contribution < -0.4 is 4.74 Å². The first-order valence-corrected chi connectivity index (χ1v) is 8.22. The van der Waals surface area contributed by atoms with Gasteiger partial charge in [0.15, 0.2) is 11.6 Å². The van der Waals surface area contributed by atoms with Gasteiger partial charge in [0.2, 0.25) is 0 Å². The van der Waals surface area contributed by atoms with E-state index in [1.54, 1.807) is 11.8 Å². The molecule has 1 aromatic rings. The summed E-state index contributed by atoms with van der Waals surface area (Å²) >= 11 is 0. The topological polar surface area (TPSA) is 46.6 Å². The minimum absolute atomic E-state index is 0.141. The maximum atomic E-state index is 14.0. The van der Waals surface area contributed by atoms with Gasteiger partial charge in [0.05, 0.1) is 0 Å². The van der Waals surface area contributed by atoms with E-state index in [9.17, 15) is 14.0 Å². The highest BCUT2D eigenvalue weighted by Gasteiger charge is 2.19. The molecule has 0 N–H and O–H groups in total. The van der Waals surface area contributed by atoms with Crippen LogP contribution in [0.25, 0.3) is 0 Å². The molecule has 1 aromatic carbocycles. The van der Waals surface area contributed by atoms with Crippen molar-refractivity contribution in [2.45, 2.75) is 47.0 Å². The first kappa shape index (κ1) is 19.1. The fourth-order valence-electron chi connectivity index (χ4n) is 2.15. The highest BCUT2D eigenvalue weighted by molar-refractivity contribution is 5.94. The molecule has 0 saturated carbocycles. The molecular formula is C18H26FNO3. The van der Waals surface area contributed by atoms with E-state index < -0.39 is 11.8 Å². The number of nitrogens with zero attached hydrogens (tertiary/aromatic N) is 1. The predicted octanol–water partition coefficient (Wildman–Crippen LogP) is 4.04. The van der Waals surface area contributed by atoms with Gasteiger partial charge in [-0.3, -0.25) is 9.59 Å². The Labute approximate surface area is 137 Å². The van der Waals surface area contributed by atoms with Gasteiger partial charge >= 0.3 is 5.97 Å². The van der Waals surface area contributed by atoms with E-state index in [4.69, 9.17) is 4.74 Å². The van der Waals surface area contributed by atoms with Gasteiger partial charge in [-0.1, -0.05) is 34.1 Å². The Morgan fingerprint density at radius 3 is 2.48 bits per heavy atom. The van der Waals surface area contributed by atoms with Crippen molar-refractivity contribution in [1.29, 1.82) is 0 Å². The Kier molecular flexibility index (Phi) is 7.72. The van der Waals surface area contributed by atoms with E-state index >= 15 is 0 Å². The van der Waals surface area contributed by atoms with Crippen LogP contribution >= 0.6 is 0 Å². The van der Waals surface area contributed by atoms with Gasteiger partial charge < -0.3 is 9.64 Å². The highest BCUT2D eigenvalue weighted by Crippen LogP contribution is 2.20. The minimum atomic E-state index is -0.697. The molecule has 1 atom stereocenters. The number of ether oxygens (including phenoxy) is 1. The summed E-state index contributed by atoms with van der Waals surface area (Å²) in [5.41, 5.74) is 0.274. The van der Waals surface area contributed by atoms with Crippen molar-refractivity contribution in [1.82, 2.24) is 4.90 Å². The van der Waals surface area contributed by atoms with Crippen LogP contribution in [-0.4, -0.2) is 29.9 Å². The normalized spacial score (nSPS) is 11.9. The van der Waals surface area contributed by atoms with E-state index in [1.807, 2.05) is 6.92 Å². The Hall–Kier alpha value is -1.91. The summed E-state index contributed by atoms with van der Waals surface area (Å²) in [6, 6.07) is 3.98. The lowest BCUT2D eigenvalue weighted by atomic mass is 10.1. The highest BCUT2D eigenvalue weighted by atomic mass is 19.1. The number of carbonyl (C=O) groups is 2. The Bertz CT molecular complexity index is 545. The summed E-state index contributed by atoms with van der Waals surface area (Å²) in [7, 11) is 0. The summed E-state index contributed by atoms with van der Waals surface area (Å²) < 4.78 is 18.9. The molecule has 0 aliphatic rings. The molecule has 0 aromatic heterocycles. The summed E-state index contributed by atoms with van der Waals surface area (Å²) in [6.07, 6.45) is 1.99. The van der Waals surface area contributed by atoms with Crippen LogP contribution in [0.3, 0.4) is 0 Å². The Morgan fingerprint density at radius 1 is 1.26 bits per heavy atom. The van der Waals surface area contributed by atoms with Crippen LogP contribution in [0.2, 0.25) is 0 Å². The lowest BCUT2D eigenvalue weighted by Crippen LogP contribution is -2.35. The number of amides is 1. The lowest BCUT2D eigenvalue weighted by Gasteiger charge is -2.25. The maximum Gasteiger partial charge on any atom is 0.310 e. The van der Waals surface area contributed by atoms with Crippen molar-refractivity contribution in [3.63, 3.8) is 0 Å². The van der Waals surface area contributed by atoms with Crippen LogP contribution in [-0.2, 0) is 4.79 Å². The second kappa shape index (κ2) is 9.28. The van der Waals surface area contributed by atoms with Gasteiger partial charge in [0, 0.05) is 25.1 Å². The summed E-state index contributed by atoms with van der Waals surface area (Å²) in [4.78, 5) is 25.6. The molecular weight excluding hydrogens is 297 g/mol. The number of hydrogen-bond donors (Lipinski definition) is 0. The van der Waals surface area contributed by atoms with Crippen LogP contribution in [0.5, 0.6) is 5.75 Å². The molecule has 0 radical (unpaired) electrons. The van der Waals surface area contributed by atoms with Crippen molar-refractivity contribution < 1.29 is 18.7 Å². The van der Waals surface area contributed by atoms with Gasteiger partial charge in [0.1, 0.15) is 0 Å². The zero-order valence-corrected chi connectivity index (χ0v) is 14.4. The van der Waals surface area contributed by atoms with Crippen LogP contribution in [0.1, 0.15) is 57.3 Å². The third-order valence-corrected chi connectivity index (χ3v) is 3.70. The number of esters is 1. The van der Waals surface area contributed by atoms with Crippen LogP contribution in [0.4, 0.5) is 4.39 Å². The Balaban J connectivity index is 2.92. The number of rotatable bonds is 8. The minimum Gasteiger partial charge on any atom is -0.423 e. The fraction of sp³-hybridized carbons (Fsp3) is 0.556. The smallest absolute Gasteiger partial charge is 0.310 e. The van der Waals surface area contributed by atoms with E-state index in [2.05, 4.69) is 13.8 Å². The van der Waals surface area contributed by atoms with Gasteiger partial charge in [0.25, 0.3) is 5.91 Å². The van der Waals surface area contributed by atoms with Gasteiger partial charge in [-0.2, -0.15) is 0 Å². The molecule has 5 heteroatoms. The Morgan fingerprint density at radius 2 is 1.96 bits per heavy atom. The zero-order chi connectivity index (χ0) is 17.4. The van der Waals surface area contributed by atoms with Crippen molar-refractivity contribution in [2.24, 2.45) is 5.92 Å². The van der Waals surface area contributed by atoms with Crippen LogP contribution in [0, 0.1) is 11.7 Å². The van der Waals surface area contributed by atoms with E-state index in [-0.39, 0.29) is 23.6 Å².